The monoisotopic (exact) mass is 475 g/mol. The number of carbonyl (C=O) groups is 2. The molecule has 2 aromatic rings. The molecule has 178 valence electrons. The molecule has 9 nitrogen and oxygen atoms in total. The highest BCUT2D eigenvalue weighted by Crippen LogP contribution is 2.25. The maximum Gasteiger partial charge on any atom is 0.246 e. The molecule has 1 heterocycles. The zero-order valence-corrected chi connectivity index (χ0v) is 19.7. The van der Waals surface area contributed by atoms with Gasteiger partial charge < -0.3 is 20.1 Å². The minimum Gasteiger partial charge on any atom is -0.497 e. The number of nitrogens with one attached hydrogen (secondary N) is 2. The maximum atomic E-state index is 13.0. The Kier molecular flexibility index (Phi) is 7.93. The van der Waals surface area contributed by atoms with Crippen LogP contribution in [-0.2, 0) is 19.6 Å². The summed E-state index contributed by atoms with van der Waals surface area (Å²) in [4.78, 5) is 25.5. The van der Waals surface area contributed by atoms with Crippen LogP contribution in [0.4, 0.5) is 5.69 Å². The summed E-state index contributed by atoms with van der Waals surface area (Å²) in [6.45, 7) is 1.98. The van der Waals surface area contributed by atoms with E-state index in [0.717, 1.165) is 0 Å². The molecule has 2 aromatic carbocycles. The largest absolute Gasteiger partial charge is 0.497 e. The van der Waals surface area contributed by atoms with Crippen molar-refractivity contribution in [2.75, 3.05) is 32.6 Å². The first-order valence-electron chi connectivity index (χ1n) is 10.6. The summed E-state index contributed by atoms with van der Waals surface area (Å²) >= 11 is 0. The molecule has 3 rings (SSSR count). The fourth-order valence-corrected chi connectivity index (χ4v) is 5.14. The maximum absolute atomic E-state index is 13.0. The molecule has 2 atom stereocenters. The quantitative estimate of drug-likeness (QED) is 0.605. The predicted octanol–water partition coefficient (Wildman–Crippen LogP) is 2.25. The Labute approximate surface area is 194 Å². The lowest BCUT2D eigenvalue weighted by atomic mass is 9.98. The van der Waals surface area contributed by atoms with Gasteiger partial charge in [0.05, 0.1) is 25.0 Å². The third kappa shape index (κ3) is 6.02. The minimum atomic E-state index is -3.74. The minimum absolute atomic E-state index is 0.0599. The van der Waals surface area contributed by atoms with Crippen LogP contribution in [0.1, 0.15) is 19.8 Å². The van der Waals surface area contributed by atoms with E-state index in [0.29, 0.717) is 36.6 Å². The van der Waals surface area contributed by atoms with Crippen molar-refractivity contribution in [1.82, 2.24) is 9.62 Å². The second-order valence-corrected chi connectivity index (χ2v) is 9.77. The number of anilines is 1. The van der Waals surface area contributed by atoms with Crippen molar-refractivity contribution in [2.45, 2.75) is 30.7 Å². The van der Waals surface area contributed by atoms with Gasteiger partial charge in [-0.15, -0.1) is 0 Å². The van der Waals surface area contributed by atoms with E-state index in [1.165, 1.54) is 30.7 Å². The first-order chi connectivity index (χ1) is 15.7. The van der Waals surface area contributed by atoms with E-state index in [1.807, 2.05) is 0 Å². The average molecular weight is 476 g/mol. The Morgan fingerprint density at radius 1 is 1.06 bits per heavy atom. The Balaban J connectivity index is 1.60. The molecule has 0 bridgehead atoms. The molecule has 1 aliphatic heterocycles. The lowest BCUT2D eigenvalue weighted by Crippen LogP contribution is -2.49. The Hall–Kier alpha value is -3.11. The van der Waals surface area contributed by atoms with E-state index >= 15 is 0 Å². The summed E-state index contributed by atoms with van der Waals surface area (Å²) in [5.41, 5.74) is 0.551. The number of ether oxygens (including phenoxy) is 2. The highest BCUT2D eigenvalue weighted by molar-refractivity contribution is 7.89. The molecule has 0 saturated carbocycles. The molecule has 0 aromatic heterocycles. The van der Waals surface area contributed by atoms with E-state index in [-0.39, 0.29) is 23.3 Å². The number of piperidine rings is 1. The fraction of sp³-hybridized carbons (Fsp3) is 0.391. The molecule has 2 N–H and O–H groups in total. The molecule has 0 aliphatic carbocycles. The van der Waals surface area contributed by atoms with Gasteiger partial charge in [-0.05, 0) is 56.2 Å². The van der Waals surface area contributed by atoms with Crippen molar-refractivity contribution in [3.05, 3.63) is 48.5 Å². The Bertz CT molecular complexity index is 1090. The third-order valence-electron chi connectivity index (χ3n) is 5.54. The van der Waals surface area contributed by atoms with Gasteiger partial charge in [0.2, 0.25) is 21.8 Å². The van der Waals surface area contributed by atoms with E-state index < -0.39 is 22.0 Å². The number of methoxy groups -OCH3 is 2. The first-order valence-corrected chi connectivity index (χ1v) is 12.1. The Morgan fingerprint density at radius 3 is 2.42 bits per heavy atom. The number of hydrogen-bond acceptors (Lipinski definition) is 6. The van der Waals surface area contributed by atoms with Crippen LogP contribution in [0.15, 0.2) is 53.4 Å². The number of benzene rings is 2. The van der Waals surface area contributed by atoms with Crippen molar-refractivity contribution >= 4 is 27.5 Å². The molecule has 0 radical (unpaired) electrons. The Morgan fingerprint density at radius 2 is 1.76 bits per heavy atom. The molecule has 1 saturated heterocycles. The number of sulfonamides is 1. The van der Waals surface area contributed by atoms with Gasteiger partial charge in [0.25, 0.3) is 0 Å². The van der Waals surface area contributed by atoms with Crippen molar-refractivity contribution in [3.63, 3.8) is 0 Å². The smallest absolute Gasteiger partial charge is 0.246 e. The van der Waals surface area contributed by atoms with Gasteiger partial charge >= 0.3 is 0 Å². The van der Waals surface area contributed by atoms with Gasteiger partial charge in [-0.3, -0.25) is 9.59 Å². The van der Waals surface area contributed by atoms with Crippen LogP contribution in [0.3, 0.4) is 0 Å². The van der Waals surface area contributed by atoms with E-state index in [4.69, 9.17) is 9.47 Å². The zero-order chi connectivity index (χ0) is 24.0. The van der Waals surface area contributed by atoms with Crippen molar-refractivity contribution in [1.29, 1.82) is 0 Å². The van der Waals surface area contributed by atoms with Crippen LogP contribution >= 0.6 is 0 Å². The lowest BCUT2D eigenvalue weighted by Gasteiger charge is -2.31. The molecule has 33 heavy (non-hydrogen) atoms. The summed E-state index contributed by atoms with van der Waals surface area (Å²) in [6.07, 6.45) is 1.10. The highest BCUT2D eigenvalue weighted by atomic mass is 32.2. The molecular weight excluding hydrogens is 446 g/mol. The number of nitrogens with zero attached hydrogens (tertiary/aromatic N) is 1. The second-order valence-electron chi connectivity index (χ2n) is 7.83. The molecule has 1 unspecified atom stereocenters. The molecule has 2 amide bonds. The standard InChI is InChI=1S/C23H29N3O6S/c1-16(22(27)25-18-7-4-8-20(14-18)32-3)24-23(28)17-6-5-13-26(15-17)33(29,30)21-11-9-19(31-2)10-12-21/h4,7-12,14,16-17H,5-6,13,15H2,1-3H3,(H,24,28)(H,25,27)/t16-,17?/m1/s1. The number of amides is 2. The number of carbonyl (C=O) groups excluding carboxylic acids is 2. The van der Waals surface area contributed by atoms with E-state index in [9.17, 15) is 18.0 Å². The van der Waals surface area contributed by atoms with Crippen molar-refractivity contribution in [2.24, 2.45) is 5.92 Å². The molecule has 10 heteroatoms. The van der Waals surface area contributed by atoms with Gasteiger partial charge in [0.15, 0.2) is 0 Å². The van der Waals surface area contributed by atoms with Crippen LogP contribution in [0.2, 0.25) is 0 Å². The van der Waals surface area contributed by atoms with E-state index in [1.54, 1.807) is 43.3 Å². The van der Waals surface area contributed by atoms with Gasteiger partial charge in [0, 0.05) is 24.8 Å². The summed E-state index contributed by atoms with van der Waals surface area (Å²) in [6, 6.07) is 12.3. The number of rotatable bonds is 8. The topological polar surface area (TPSA) is 114 Å². The van der Waals surface area contributed by atoms with Gasteiger partial charge in [-0.25, -0.2) is 8.42 Å². The summed E-state index contributed by atoms with van der Waals surface area (Å²) in [5.74, 6) is -0.109. The van der Waals surface area contributed by atoms with Crippen LogP contribution in [-0.4, -0.2) is 57.9 Å². The lowest BCUT2D eigenvalue weighted by molar-refractivity contribution is -0.129. The predicted molar refractivity (Wildman–Crippen MR) is 124 cm³/mol. The fourth-order valence-electron chi connectivity index (χ4n) is 3.62. The van der Waals surface area contributed by atoms with Crippen LogP contribution < -0.4 is 20.1 Å². The number of hydrogen-bond donors (Lipinski definition) is 2. The van der Waals surface area contributed by atoms with Crippen LogP contribution in [0.5, 0.6) is 11.5 Å². The zero-order valence-electron chi connectivity index (χ0n) is 18.9. The first kappa shape index (κ1) is 24.5. The summed E-state index contributed by atoms with van der Waals surface area (Å²) < 4.78 is 37.6. The highest BCUT2D eigenvalue weighted by Gasteiger charge is 2.34. The third-order valence-corrected chi connectivity index (χ3v) is 7.42. The van der Waals surface area contributed by atoms with Gasteiger partial charge in [0.1, 0.15) is 17.5 Å². The normalized spacial score (nSPS) is 17.6. The van der Waals surface area contributed by atoms with Crippen LogP contribution in [0.25, 0.3) is 0 Å². The van der Waals surface area contributed by atoms with Crippen molar-refractivity contribution < 1.29 is 27.5 Å². The molecule has 1 fully saturated rings. The van der Waals surface area contributed by atoms with Crippen LogP contribution in [0, 0.1) is 5.92 Å². The average Bonchev–Trinajstić information content (AvgIpc) is 2.84. The molecule has 0 spiro atoms. The van der Waals surface area contributed by atoms with E-state index in [2.05, 4.69) is 10.6 Å². The SMILES string of the molecule is COc1ccc(S(=O)(=O)N2CCCC(C(=O)N[C@H](C)C(=O)Nc3cccc(OC)c3)C2)cc1. The molecule has 1 aliphatic rings. The molecular formula is C23H29N3O6S. The summed E-state index contributed by atoms with van der Waals surface area (Å²) in [7, 11) is -0.696. The van der Waals surface area contributed by atoms with Crippen molar-refractivity contribution in [3.8, 4) is 11.5 Å². The summed E-state index contributed by atoms with van der Waals surface area (Å²) in [5, 5.41) is 5.44. The van der Waals surface area contributed by atoms with Gasteiger partial charge in [-0.2, -0.15) is 4.31 Å². The van der Waals surface area contributed by atoms with Gasteiger partial charge in [-0.1, -0.05) is 6.07 Å². The second kappa shape index (κ2) is 10.7.